The van der Waals surface area contributed by atoms with Gasteiger partial charge in [-0.3, -0.25) is 4.79 Å². The second-order valence-corrected chi connectivity index (χ2v) is 4.30. The van der Waals surface area contributed by atoms with Gasteiger partial charge in [0.05, 0.1) is 12.0 Å². The van der Waals surface area contributed by atoms with E-state index in [4.69, 9.17) is 10.4 Å². The summed E-state index contributed by atoms with van der Waals surface area (Å²) in [5.41, 5.74) is 0. The summed E-state index contributed by atoms with van der Waals surface area (Å²) in [4.78, 5) is 13.1. The number of nitriles is 1. The predicted octanol–water partition coefficient (Wildman–Crippen LogP) is 1.33. The Morgan fingerprint density at radius 1 is 1.53 bits per heavy atom. The summed E-state index contributed by atoms with van der Waals surface area (Å²) in [7, 11) is 0. The highest BCUT2D eigenvalue weighted by atomic mass is 16.4. The first-order valence-corrected chi connectivity index (χ1v) is 5.47. The van der Waals surface area contributed by atoms with Gasteiger partial charge < -0.3 is 10.0 Å². The molecule has 84 valence electrons. The molecule has 0 aromatic rings. The standard InChI is InChI=1S/C11H18N2O2/c1-9-7-13(6-4-2-3-5-12)8-10(9)11(14)15/h9-10H,2-4,6-8H2,1H3,(H,14,15). The zero-order chi connectivity index (χ0) is 11.3. The van der Waals surface area contributed by atoms with Gasteiger partial charge in [0.15, 0.2) is 0 Å². The molecule has 0 spiro atoms. The summed E-state index contributed by atoms with van der Waals surface area (Å²) >= 11 is 0. The maximum Gasteiger partial charge on any atom is 0.308 e. The molecule has 1 aliphatic rings. The zero-order valence-electron chi connectivity index (χ0n) is 9.15. The van der Waals surface area contributed by atoms with Crippen LogP contribution in [0.4, 0.5) is 0 Å². The van der Waals surface area contributed by atoms with Crippen LogP contribution in [0.2, 0.25) is 0 Å². The fraction of sp³-hybridized carbons (Fsp3) is 0.818. The fourth-order valence-electron chi connectivity index (χ4n) is 2.11. The van der Waals surface area contributed by atoms with Crippen molar-refractivity contribution in [3.8, 4) is 6.07 Å². The molecular formula is C11H18N2O2. The average Bonchev–Trinajstić information content (AvgIpc) is 2.55. The number of carboxylic acids is 1. The van der Waals surface area contributed by atoms with E-state index < -0.39 is 5.97 Å². The van der Waals surface area contributed by atoms with E-state index in [0.717, 1.165) is 25.9 Å². The molecule has 0 bridgehead atoms. The molecule has 0 radical (unpaired) electrons. The second kappa shape index (κ2) is 5.72. The molecule has 2 unspecified atom stereocenters. The first-order chi connectivity index (χ1) is 7.15. The SMILES string of the molecule is CC1CN(CCCCC#N)CC1C(=O)O. The van der Waals surface area contributed by atoms with Gasteiger partial charge in [-0.15, -0.1) is 0 Å². The molecule has 1 heterocycles. The lowest BCUT2D eigenvalue weighted by Crippen LogP contribution is -2.24. The number of aliphatic carboxylic acids is 1. The molecule has 0 saturated carbocycles. The van der Waals surface area contributed by atoms with Crippen LogP contribution in [-0.4, -0.2) is 35.6 Å². The zero-order valence-corrected chi connectivity index (χ0v) is 9.15. The summed E-state index contributed by atoms with van der Waals surface area (Å²) in [5, 5.41) is 17.3. The number of nitrogens with zero attached hydrogens (tertiary/aromatic N) is 2. The number of hydrogen-bond acceptors (Lipinski definition) is 3. The van der Waals surface area contributed by atoms with Crippen molar-refractivity contribution in [1.82, 2.24) is 4.90 Å². The molecule has 1 fully saturated rings. The predicted molar refractivity (Wildman–Crippen MR) is 56.2 cm³/mol. The van der Waals surface area contributed by atoms with Crippen LogP contribution >= 0.6 is 0 Å². The van der Waals surface area contributed by atoms with E-state index in [-0.39, 0.29) is 11.8 Å². The van der Waals surface area contributed by atoms with Gasteiger partial charge in [0.1, 0.15) is 0 Å². The lowest BCUT2D eigenvalue weighted by Gasteiger charge is -2.14. The Hall–Kier alpha value is -1.08. The number of carboxylic acid groups (broad SMARTS) is 1. The van der Waals surface area contributed by atoms with Gasteiger partial charge in [-0.25, -0.2) is 0 Å². The molecule has 1 rings (SSSR count). The molecule has 1 N–H and O–H groups in total. The first kappa shape index (κ1) is 12.0. The Kier molecular flexibility index (Phi) is 4.57. The van der Waals surface area contributed by atoms with Crippen molar-refractivity contribution in [3.63, 3.8) is 0 Å². The van der Waals surface area contributed by atoms with Crippen molar-refractivity contribution >= 4 is 5.97 Å². The van der Waals surface area contributed by atoms with Gasteiger partial charge in [0.25, 0.3) is 0 Å². The van der Waals surface area contributed by atoms with E-state index in [1.807, 2.05) is 6.92 Å². The maximum absolute atomic E-state index is 10.9. The molecule has 1 saturated heterocycles. The Morgan fingerprint density at radius 3 is 2.80 bits per heavy atom. The van der Waals surface area contributed by atoms with Crippen LogP contribution in [0, 0.1) is 23.2 Å². The lowest BCUT2D eigenvalue weighted by atomic mass is 9.99. The molecule has 4 heteroatoms. The summed E-state index contributed by atoms with van der Waals surface area (Å²) in [5.74, 6) is -0.638. The molecule has 4 nitrogen and oxygen atoms in total. The van der Waals surface area contributed by atoms with Gasteiger partial charge in [0, 0.05) is 19.5 Å². The largest absolute Gasteiger partial charge is 0.481 e. The minimum absolute atomic E-state index is 0.207. The van der Waals surface area contributed by atoms with E-state index in [2.05, 4.69) is 11.0 Å². The Bertz CT molecular complexity index is 260. The van der Waals surface area contributed by atoms with Crippen LogP contribution in [0.1, 0.15) is 26.2 Å². The highest BCUT2D eigenvalue weighted by Gasteiger charge is 2.33. The fourth-order valence-corrected chi connectivity index (χ4v) is 2.11. The van der Waals surface area contributed by atoms with E-state index in [1.165, 1.54) is 0 Å². The lowest BCUT2D eigenvalue weighted by molar-refractivity contribution is -0.142. The van der Waals surface area contributed by atoms with Gasteiger partial charge in [0.2, 0.25) is 0 Å². The third-order valence-electron chi connectivity index (χ3n) is 3.02. The van der Waals surface area contributed by atoms with E-state index >= 15 is 0 Å². The molecule has 0 aromatic heterocycles. The Morgan fingerprint density at radius 2 is 2.27 bits per heavy atom. The summed E-state index contributed by atoms with van der Waals surface area (Å²) < 4.78 is 0. The third kappa shape index (κ3) is 3.52. The van der Waals surface area contributed by atoms with Gasteiger partial charge in [-0.2, -0.15) is 5.26 Å². The molecule has 1 aliphatic heterocycles. The number of hydrogen-bond donors (Lipinski definition) is 1. The third-order valence-corrected chi connectivity index (χ3v) is 3.02. The minimum atomic E-state index is -0.679. The highest BCUT2D eigenvalue weighted by molar-refractivity contribution is 5.71. The molecule has 0 amide bonds. The van der Waals surface area contributed by atoms with Crippen molar-refractivity contribution in [2.75, 3.05) is 19.6 Å². The maximum atomic E-state index is 10.9. The summed E-state index contributed by atoms with van der Waals surface area (Å²) in [6.45, 7) is 4.47. The quantitative estimate of drug-likeness (QED) is 0.695. The van der Waals surface area contributed by atoms with Crippen molar-refractivity contribution in [2.24, 2.45) is 11.8 Å². The molecule has 0 aliphatic carbocycles. The molecular weight excluding hydrogens is 192 g/mol. The van der Waals surface area contributed by atoms with E-state index in [0.29, 0.717) is 13.0 Å². The number of likely N-dealkylation sites (tertiary alicyclic amines) is 1. The summed E-state index contributed by atoms with van der Waals surface area (Å²) in [6.07, 6.45) is 2.51. The van der Waals surface area contributed by atoms with E-state index in [9.17, 15) is 4.79 Å². The number of rotatable bonds is 5. The minimum Gasteiger partial charge on any atom is -0.481 e. The van der Waals surface area contributed by atoms with Crippen molar-refractivity contribution < 1.29 is 9.90 Å². The van der Waals surface area contributed by atoms with Gasteiger partial charge in [-0.1, -0.05) is 6.92 Å². The van der Waals surface area contributed by atoms with Crippen molar-refractivity contribution in [3.05, 3.63) is 0 Å². The number of carbonyl (C=O) groups is 1. The van der Waals surface area contributed by atoms with Gasteiger partial charge in [-0.05, 0) is 25.3 Å². The van der Waals surface area contributed by atoms with Crippen LogP contribution < -0.4 is 0 Å². The smallest absolute Gasteiger partial charge is 0.308 e. The average molecular weight is 210 g/mol. The monoisotopic (exact) mass is 210 g/mol. The van der Waals surface area contributed by atoms with Gasteiger partial charge >= 0.3 is 5.97 Å². The normalized spacial score (nSPS) is 26.4. The van der Waals surface area contributed by atoms with E-state index in [1.54, 1.807) is 0 Å². The Labute approximate surface area is 90.5 Å². The van der Waals surface area contributed by atoms with Crippen LogP contribution in [0.5, 0.6) is 0 Å². The molecule has 0 aromatic carbocycles. The number of unbranched alkanes of at least 4 members (excludes halogenated alkanes) is 2. The van der Waals surface area contributed by atoms with Crippen LogP contribution in [0.3, 0.4) is 0 Å². The summed E-state index contributed by atoms with van der Waals surface area (Å²) in [6, 6.07) is 2.12. The molecule has 2 atom stereocenters. The molecule has 15 heavy (non-hydrogen) atoms. The van der Waals surface area contributed by atoms with Crippen LogP contribution in [-0.2, 0) is 4.79 Å². The van der Waals surface area contributed by atoms with Crippen molar-refractivity contribution in [2.45, 2.75) is 26.2 Å². The van der Waals surface area contributed by atoms with Crippen molar-refractivity contribution in [1.29, 1.82) is 5.26 Å². The highest BCUT2D eigenvalue weighted by Crippen LogP contribution is 2.23. The topological polar surface area (TPSA) is 64.3 Å². The van der Waals surface area contributed by atoms with Crippen LogP contribution in [0.25, 0.3) is 0 Å². The second-order valence-electron chi connectivity index (χ2n) is 4.30. The first-order valence-electron chi connectivity index (χ1n) is 5.47. The van der Waals surface area contributed by atoms with Crippen LogP contribution in [0.15, 0.2) is 0 Å². The Balaban J connectivity index is 2.23.